The Labute approximate surface area is 264 Å². The van der Waals surface area contributed by atoms with Gasteiger partial charge in [-0.15, -0.1) is 0 Å². The quantitative estimate of drug-likeness (QED) is 0.172. The van der Waals surface area contributed by atoms with Crippen molar-refractivity contribution in [1.29, 1.82) is 0 Å². The van der Waals surface area contributed by atoms with Crippen molar-refractivity contribution in [3.05, 3.63) is 85.9 Å². The van der Waals surface area contributed by atoms with Gasteiger partial charge in [0.2, 0.25) is 0 Å². The van der Waals surface area contributed by atoms with Crippen LogP contribution in [0.5, 0.6) is 28.7 Å². The van der Waals surface area contributed by atoms with Crippen molar-refractivity contribution in [2.45, 2.75) is 47.5 Å². The zero-order valence-corrected chi connectivity index (χ0v) is 27.9. The van der Waals surface area contributed by atoms with E-state index in [2.05, 4.69) is 0 Å². The number of esters is 1. The minimum absolute atomic E-state index is 0.274. The molecule has 0 saturated heterocycles. The molecule has 0 N–H and O–H groups in total. The Morgan fingerprint density at radius 2 is 1.31 bits per heavy atom. The van der Waals surface area contributed by atoms with Gasteiger partial charge < -0.3 is 23.7 Å². The van der Waals surface area contributed by atoms with Gasteiger partial charge in [-0.05, 0) is 82.0 Å². The van der Waals surface area contributed by atoms with Crippen LogP contribution >= 0.6 is 34.8 Å². The van der Waals surface area contributed by atoms with Gasteiger partial charge in [0.25, 0.3) is 0 Å². The van der Waals surface area contributed by atoms with E-state index in [0.717, 1.165) is 28.0 Å². The van der Waals surface area contributed by atoms with Gasteiger partial charge in [0.1, 0.15) is 28.7 Å². The summed E-state index contributed by atoms with van der Waals surface area (Å²) >= 11 is 18.5. The van der Waals surface area contributed by atoms with Crippen molar-refractivity contribution in [1.82, 2.24) is 0 Å². The van der Waals surface area contributed by atoms with Gasteiger partial charge in [-0.25, -0.2) is 0 Å². The average molecular weight is 638 g/mol. The SMILES string of the molecule is COc1cc(C/C=C(/Cl)Cc2cc(C)cc(OC(=O)C(C)(C)C)c2)c(OC)cc1Cl.COc1cc(Cl)c(OC)cc1C. The molecule has 0 aliphatic heterocycles. The van der Waals surface area contributed by atoms with Crippen molar-refractivity contribution in [2.75, 3.05) is 28.4 Å². The molecular weight excluding hydrogens is 599 g/mol. The molecule has 0 bridgehead atoms. The zero-order chi connectivity index (χ0) is 31.6. The van der Waals surface area contributed by atoms with Crippen LogP contribution in [0.2, 0.25) is 10.0 Å². The van der Waals surface area contributed by atoms with Gasteiger partial charge in [0, 0.05) is 29.1 Å². The van der Waals surface area contributed by atoms with E-state index in [4.69, 9.17) is 58.5 Å². The first-order chi connectivity index (χ1) is 19.7. The lowest BCUT2D eigenvalue weighted by molar-refractivity contribution is -0.143. The van der Waals surface area contributed by atoms with Crippen LogP contribution in [0.1, 0.15) is 43.0 Å². The van der Waals surface area contributed by atoms with E-state index in [9.17, 15) is 4.79 Å². The van der Waals surface area contributed by atoms with Crippen molar-refractivity contribution in [3.63, 3.8) is 0 Å². The summed E-state index contributed by atoms with van der Waals surface area (Å²) in [6, 6.07) is 12.9. The number of halogens is 3. The minimum Gasteiger partial charge on any atom is -0.496 e. The number of aryl methyl sites for hydroxylation is 2. The Bertz CT molecular complexity index is 1380. The fourth-order valence-corrected chi connectivity index (χ4v) is 4.52. The summed E-state index contributed by atoms with van der Waals surface area (Å²) in [5, 5.41) is 1.73. The van der Waals surface area contributed by atoms with Crippen LogP contribution in [-0.4, -0.2) is 34.4 Å². The molecule has 6 nitrogen and oxygen atoms in total. The zero-order valence-electron chi connectivity index (χ0n) is 25.6. The van der Waals surface area contributed by atoms with Gasteiger partial charge in [-0.2, -0.15) is 0 Å². The topological polar surface area (TPSA) is 63.2 Å². The summed E-state index contributed by atoms with van der Waals surface area (Å²) in [4.78, 5) is 12.2. The molecule has 0 amide bonds. The molecule has 0 aromatic heterocycles. The molecular formula is C33H39Cl3O6. The summed E-state index contributed by atoms with van der Waals surface area (Å²) < 4.78 is 26.4. The Hall–Kier alpha value is -3.06. The first-order valence-corrected chi connectivity index (χ1v) is 14.3. The fourth-order valence-electron chi connectivity index (χ4n) is 3.83. The summed E-state index contributed by atoms with van der Waals surface area (Å²) in [7, 11) is 6.38. The van der Waals surface area contributed by atoms with E-state index in [1.54, 1.807) is 40.6 Å². The molecule has 228 valence electrons. The fraction of sp³-hybridized carbons (Fsp3) is 0.364. The van der Waals surface area contributed by atoms with Crippen LogP contribution in [0.15, 0.2) is 53.6 Å². The van der Waals surface area contributed by atoms with E-state index in [0.29, 0.717) is 50.9 Å². The van der Waals surface area contributed by atoms with Crippen molar-refractivity contribution in [2.24, 2.45) is 5.41 Å². The van der Waals surface area contributed by atoms with Gasteiger partial charge in [-0.3, -0.25) is 4.79 Å². The lowest BCUT2D eigenvalue weighted by Gasteiger charge is -2.17. The molecule has 0 saturated carbocycles. The first-order valence-electron chi connectivity index (χ1n) is 13.2. The second-order valence-electron chi connectivity index (χ2n) is 10.6. The molecule has 0 heterocycles. The predicted molar refractivity (Wildman–Crippen MR) is 171 cm³/mol. The largest absolute Gasteiger partial charge is 0.496 e. The van der Waals surface area contributed by atoms with Crippen molar-refractivity contribution in [3.8, 4) is 28.7 Å². The number of hydrogen-bond donors (Lipinski definition) is 0. The summed E-state index contributed by atoms with van der Waals surface area (Å²) in [6.45, 7) is 9.38. The van der Waals surface area contributed by atoms with Crippen LogP contribution in [0.4, 0.5) is 0 Å². The molecule has 0 aliphatic rings. The highest BCUT2D eigenvalue weighted by molar-refractivity contribution is 6.32. The molecule has 0 aliphatic carbocycles. The van der Waals surface area contributed by atoms with Crippen LogP contribution < -0.4 is 23.7 Å². The lowest BCUT2D eigenvalue weighted by Crippen LogP contribution is -2.25. The lowest BCUT2D eigenvalue weighted by atomic mass is 9.97. The second-order valence-corrected chi connectivity index (χ2v) is 11.9. The summed E-state index contributed by atoms with van der Waals surface area (Å²) in [5.74, 6) is 2.97. The van der Waals surface area contributed by atoms with Crippen LogP contribution in [-0.2, 0) is 17.6 Å². The second kappa shape index (κ2) is 16.0. The third kappa shape index (κ3) is 10.3. The smallest absolute Gasteiger partial charge is 0.316 e. The maximum Gasteiger partial charge on any atom is 0.316 e. The number of rotatable bonds is 9. The third-order valence-corrected chi connectivity index (χ3v) is 6.95. The Morgan fingerprint density at radius 1 is 0.762 bits per heavy atom. The molecule has 9 heteroatoms. The highest BCUT2D eigenvalue weighted by Gasteiger charge is 2.24. The first kappa shape index (κ1) is 35.1. The molecule has 0 fully saturated rings. The molecule has 3 aromatic carbocycles. The van der Waals surface area contributed by atoms with Gasteiger partial charge in [-0.1, -0.05) is 46.9 Å². The van der Waals surface area contributed by atoms with Crippen molar-refractivity contribution < 1.29 is 28.5 Å². The van der Waals surface area contributed by atoms with E-state index in [1.165, 1.54) is 0 Å². The molecule has 42 heavy (non-hydrogen) atoms. The Kier molecular flexibility index (Phi) is 13.4. The number of carbonyl (C=O) groups excluding carboxylic acids is 1. The summed E-state index contributed by atoms with van der Waals surface area (Å²) in [5.41, 5.74) is 3.33. The van der Waals surface area contributed by atoms with E-state index in [-0.39, 0.29) is 5.97 Å². The third-order valence-electron chi connectivity index (χ3n) is 6.07. The van der Waals surface area contributed by atoms with E-state index >= 15 is 0 Å². The number of hydrogen-bond acceptors (Lipinski definition) is 6. The normalized spacial score (nSPS) is 11.3. The van der Waals surface area contributed by atoms with Crippen molar-refractivity contribution >= 4 is 40.8 Å². The maximum absolute atomic E-state index is 12.2. The molecule has 3 rings (SSSR count). The standard InChI is InChI=1S/C24H28Cl2O4.C9H11ClO2/c1-15-9-16(12-19(10-15)30-23(27)24(2,3)4)11-18(25)8-7-17-13-22(29-6)20(26)14-21(17)28-5;1-6-4-9(12-3)7(10)5-8(6)11-2/h8-10,12-14H,7,11H2,1-6H3;4-5H,1-3H3/b18-8+;. The molecule has 0 spiro atoms. The van der Waals surface area contributed by atoms with Crippen LogP contribution in [0, 0.1) is 19.3 Å². The molecule has 3 aromatic rings. The predicted octanol–water partition coefficient (Wildman–Crippen LogP) is 9.19. The van der Waals surface area contributed by atoms with Crippen LogP contribution in [0.25, 0.3) is 0 Å². The Morgan fingerprint density at radius 3 is 1.86 bits per heavy atom. The molecule has 0 atom stereocenters. The highest BCUT2D eigenvalue weighted by Crippen LogP contribution is 2.34. The highest BCUT2D eigenvalue weighted by atomic mass is 35.5. The minimum atomic E-state index is -0.569. The molecule has 0 unspecified atom stereocenters. The number of benzene rings is 3. The van der Waals surface area contributed by atoms with Gasteiger partial charge in [0.15, 0.2) is 0 Å². The number of methoxy groups -OCH3 is 4. The molecule has 0 radical (unpaired) electrons. The van der Waals surface area contributed by atoms with Crippen LogP contribution in [0.3, 0.4) is 0 Å². The number of carbonyl (C=O) groups is 1. The number of allylic oxidation sites excluding steroid dienone is 2. The monoisotopic (exact) mass is 636 g/mol. The Balaban J connectivity index is 0.000000428. The maximum atomic E-state index is 12.2. The van der Waals surface area contributed by atoms with Gasteiger partial charge >= 0.3 is 5.97 Å². The van der Waals surface area contributed by atoms with E-state index < -0.39 is 5.41 Å². The average Bonchev–Trinajstić information content (AvgIpc) is 2.92. The van der Waals surface area contributed by atoms with E-state index in [1.807, 2.05) is 71.0 Å². The summed E-state index contributed by atoms with van der Waals surface area (Å²) in [6.07, 6.45) is 3.01. The number of ether oxygens (including phenoxy) is 5. The van der Waals surface area contributed by atoms with Gasteiger partial charge in [0.05, 0.1) is 43.9 Å².